The fourth-order valence-corrected chi connectivity index (χ4v) is 4.63. The molecule has 1 aliphatic heterocycles. The molecule has 0 fully saturated rings. The predicted molar refractivity (Wildman–Crippen MR) is 126 cm³/mol. The monoisotopic (exact) mass is 427 g/mol. The van der Waals surface area contributed by atoms with Crippen LogP contribution in [0.3, 0.4) is 0 Å². The second kappa shape index (κ2) is 10.1. The normalized spacial score (nSPS) is 17.0. The average molecular weight is 428 g/mol. The van der Waals surface area contributed by atoms with E-state index in [2.05, 4.69) is 72.7 Å². The number of nitrogens with one attached hydrogen (secondary N) is 2. The van der Waals surface area contributed by atoms with Crippen LogP contribution in [-0.2, 0) is 13.0 Å². The van der Waals surface area contributed by atoms with Gasteiger partial charge < -0.3 is 20.1 Å². The van der Waals surface area contributed by atoms with Gasteiger partial charge >= 0.3 is 0 Å². The largest absolute Gasteiger partial charge is 0.493 e. The number of methoxy groups -OCH3 is 2. The Bertz CT molecular complexity index is 887. The van der Waals surface area contributed by atoms with Crippen molar-refractivity contribution < 1.29 is 9.47 Å². The van der Waals surface area contributed by atoms with E-state index >= 15 is 0 Å². The highest BCUT2D eigenvalue weighted by Crippen LogP contribution is 2.40. The van der Waals surface area contributed by atoms with Crippen LogP contribution in [0.2, 0.25) is 0 Å². The fourth-order valence-electron chi connectivity index (χ4n) is 4.30. The summed E-state index contributed by atoms with van der Waals surface area (Å²) in [4.78, 5) is 2.54. The summed E-state index contributed by atoms with van der Waals surface area (Å²) >= 11 is 5.49. The van der Waals surface area contributed by atoms with Crippen molar-refractivity contribution in [2.45, 2.75) is 45.8 Å². The molecule has 0 spiro atoms. The molecular formula is C24H33N3O2S. The van der Waals surface area contributed by atoms with Gasteiger partial charge in [-0.05, 0) is 73.8 Å². The van der Waals surface area contributed by atoms with E-state index in [1.54, 1.807) is 14.2 Å². The number of ether oxygens (including phenoxy) is 2. The van der Waals surface area contributed by atoms with Gasteiger partial charge in [-0.1, -0.05) is 24.3 Å². The SMILES string of the molecule is CCNC(=S)N[C@@H](C)[C@H]1c2cc(OC)c(OC)cc2CCN1Cc1ccccc1C. The first-order valence-corrected chi connectivity index (χ1v) is 11.0. The van der Waals surface area contributed by atoms with Crippen LogP contribution in [0, 0.1) is 6.92 Å². The summed E-state index contributed by atoms with van der Waals surface area (Å²) in [6.07, 6.45) is 0.975. The van der Waals surface area contributed by atoms with Crippen molar-refractivity contribution in [2.24, 2.45) is 0 Å². The second-order valence-corrected chi connectivity index (χ2v) is 8.20. The molecule has 0 aromatic heterocycles. The fraction of sp³-hybridized carbons (Fsp3) is 0.458. The highest BCUT2D eigenvalue weighted by atomic mass is 32.1. The molecule has 1 aliphatic rings. The first kappa shape index (κ1) is 22.4. The van der Waals surface area contributed by atoms with Crippen LogP contribution in [0.15, 0.2) is 36.4 Å². The van der Waals surface area contributed by atoms with Crippen LogP contribution < -0.4 is 20.1 Å². The number of rotatable bonds is 7. The Hall–Kier alpha value is -2.31. The van der Waals surface area contributed by atoms with Crippen molar-refractivity contribution >= 4 is 17.3 Å². The standard InChI is InChI=1S/C24H33N3O2S/c1-6-25-24(30)26-17(3)23-20-14-22(29-5)21(28-4)13-18(20)11-12-27(23)15-19-10-8-7-9-16(19)2/h7-10,13-14,17,23H,6,11-12,15H2,1-5H3,(H2,25,26,30)/t17-,23-/m0/s1. The highest BCUT2D eigenvalue weighted by Gasteiger charge is 2.33. The topological polar surface area (TPSA) is 45.8 Å². The first-order chi connectivity index (χ1) is 14.5. The van der Waals surface area contributed by atoms with Gasteiger partial charge in [-0.15, -0.1) is 0 Å². The molecule has 0 unspecified atom stereocenters. The van der Waals surface area contributed by atoms with Crippen molar-refractivity contribution in [1.82, 2.24) is 15.5 Å². The van der Waals surface area contributed by atoms with Gasteiger partial charge in [-0.3, -0.25) is 4.90 Å². The zero-order valence-electron chi connectivity index (χ0n) is 18.6. The Kier molecular flexibility index (Phi) is 7.56. The summed E-state index contributed by atoms with van der Waals surface area (Å²) in [7, 11) is 3.38. The van der Waals surface area contributed by atoms with Gasteiger partial charge in [0.2, 0.25) is 0 Å². The molecule has 2 N–H and O–H groups in total. The lowest BCUT2D eigenvalue weighted by Crippen LogP contribution is -2.49. The molecule has 30 heavy (non-hydrogen) atoms. The molecule has 5 nitrogen and oxygen atoms in total. The van der Waals surface area contributed by atoms with Gasteiger partial charge in [0.25, 0.3) is 0 Å². The molecule has 162 valence electrons. The van der Waals surface area contributed by atoms with Crippen LogP contribution in [0.25, 0.3) is 0 Å². The second-order valence-electron chi connectivity index (χ2n) is 7.79. The summed E-state index contributed by atoms with van der Waals surface area (Å²) in [5, 5.41) is 7.39. The molecule has 2 atom stereocenters. The maximum atomic E-state index is 5.62. The molecule has 0 amide bonds. The van der Waals surface area contributed by atoms with E-state index in [1.165, 1.54) is 22.3 Å². The summed E-state index contributed by atoms with van der Waals surface area (Å²) in [5.41, 5.74) is 5.25. The third-order valence-corrected chi connectivity index (χ3v) is 6.09. The molecule has 0 saturated carbocycles. The van der Waals surface area contributed by atoms with E-state index in [0.29, 0.717) is 5.11 Å². The van der Waals surface area contributed by atoms with Crippen molar-refractivity contribution in [1.29, 1.82) is 0 Å². The molecule has 6 heteroatoms. The summed E-state index contributed by atoms with van der Waals surface area (Å²) < 4.78 is 11.2. The number of hydrogen-bond acceptors (Lipinski definition) is 4. The molecule has 2 aromatic rings. The van der Waals surface area contributed by atoms with Crippen LogP contribution >= 0.6 is 12.2 Å². The van der Waals surface area contributed by atoms with Crippen LogP contribution in [0.4, 0.5) is 0 Å². The Labute approximate surface area is 185 Å². The van der Waals surface area contributed by atoms with Crippen molar-refractivity contribution in [3.05, 3.63) is 58.7 Å². The van der Waals surface area contributed by atoms with E-state index < -0.39 is 0 Å². The van der Waals surface area contributed by atoms with Gasteiger partial charge in [0, 0.05) is 25.7 Å². The van der Waals surface area contributed by atoms with Crippen molar-refractivity contribution in [3.63, 3.8) is 0 Å². The van der Waals surface area contributed by atoms with Gasteiger partial charge in [-0.2, -0.15) is 0 Å². The van der Waals surface area contributed by atoms with Gasteiger partial charge in [0.15, 0.2) is 16.6 Å². The Balaban J connectivity index is 1.99. The zero-order valence-corrected chi connectivity index (χ0v) is 19.4. The lowest BCUT2D eigenvalue weighted by molar-refractivity contribution is 0.149. The Morgan fingerprint density at radius 1 is 1.20 bits per heavy atom. The van der Waals surface area contributed by atoms with Crippen molar-refractivity contribution in [3.8, 4) is 11.5 Å². The Morgan fingerprint density at radius 2 is 1.90 bits per heavy atom. The van der Waals surface area contributed by atoms with Crippen LogP contribution in [-0.4, -0.2) is 43.4 Å². The number of benzene rings is 2. The maximum Gasteiger partial charge on any atom is 0.166 e. The van der Waals surface area contributed by atoms with Gasteiger partial charge in [0.1, 0.15) is 0 Å². The average Bonchev–Trinajstić information content (AvgIpc) is 2.74. The molecule has 0 bridgehead atoms. The van der Waals surface area contributed by atoms with Crippen LogP contribution in [0.5, 0.6) is 11.5 Å². The molecule has 1 heterocycles. The third-order valence-electron chi connectivity index (χ3n) is 5.83. The highest BCUT2D eigenvalue weighted by molar-refractivity contribution is 7.80. The Morgan fingerprint density at radius 3 is 2.57 bits per heavy atom. The quantitative estimate of drug-likeness (QED) is 0.652. The predicted octanol–water partition coefficient (Wildman–Crippen LogP) is 3.98. The molecule has 3 rings (SSSR count). The molecule has 0 radical (unpaired) electrons. The van der Waals surface area contributed by atoms with Gasteiger partial charge in [0.05, 0.1) is 20.3 Å². The number of aryl methyl sites for hydroxylation is 1. The molecule has 0 saturated heterocycles. The zero-order chi connectivity index (χ0) is 21.7. The molecule has 2 aromatic carbocycles. The molecule has 0 aliphatic carbocycles. The maximum absolute atomic E-state index is 5.62. The van der Waals surface area contributed by atoms with E-state index in [9.17, 15) is 0 Å². The summed E-state index contributed by atoms with van der Waals surface area (Å²) in [6.45, 7) is 9.10. The third kappa shape index (κ3) is 4.87. The minimum absolute atomic E-state index is 0.123. The first-order valence-electron chi connectivity index (χ1n) is 10.6. The summed E-state index contributed by atoms with van der Waals surface area (Å²) in [5.74, 6) is 1.55. The minimum Gasteiger partial charge on any atom is -0.493 e. The van der Waals surface area contributed by atoms with Crippen molar-refractivity contribution in [2.75, 3.05) is 27.3 Å². The lowest BCUT2D eigenvalue weighted by Gasteiger charge is -2.41. The number of fused-ring (bicyclic) bond motifs is 1. The van der Waals surface area contributed by atoms with E-state index in [4.69, 9.17) is 21.7 Å². The minimum atomic E-state index is 0.123. The van der Waals surface area contributed by atoms with E-state index in [0.717, 1.165) is 37.6 Å². The lowest BCUT2D eigenvalue weighted by atomic mass is 9.87. The van der Waals surface area contributed by atoms with E-state index in [-0.39, 0.29) is 12.1 Å². The number of hydrogen-bond donors (Lipinski definition) is 2. The summed E-state index contributed by atoms with van der Waals surface area (Å²) in [6, 6.07) is 13.2. The number of nitrogens with zero attached hydrogens (tertiary/aromatic N) is 1. The van der Waals surface area contributed by atoms with E-state index in [1.807, 2.05) is 0 Å². The van der Waals surface area contributed by atoms with Gasteiger partial charge in [-0.25, -0.2) is 0 Å². The molecular weight excluding hydrogens is 394 g/mol. The smallest absolute Gasteiger partial charge is 0.166 e. The van der Waals surface area contributed by atoms with Crippen LogP contribution in [0.1, 0.15) is 42.1 Å². The number of thiocarbonyl (C=S) groups is 1.